The summed E-state index contributed by atoms with van der Waals surface area (Å²) in [7, 11) is 2.01. The van der Waals surface area contributed by atoms with Gasteiger partial charge in [0.1, 0.15) is 0 Å². The number of aryl methyl sites for hydroxylation is 1. The zero-order valence-electron chi connectivity index (χ0n) is 16.0. The van der Waals surface area contributed by atoms with Crippen LogP contribution in [-0.4, -0.2) is 41.0 Å². The van der Waals surface area contributed by atoms with Crippen molar-refractivity contribution in [2.75, 3.05) is 19.6 Å². The second-order valence-corrected chi connectivity index (χ2v) is 7.54. The summed E-state index contributed by atoms with van der Waals surface area (Å²) >= 11 is 0. The first kappa shape index (κ1) is 19.3. The van der Waals surface area contributed by atoms with E-state index in [1.807, 2.05) is 24.9 Å². The molecule has 1 aliphatic rings. The summed E-state index contributed by atoms with van der Waals surface area (Å²) in [6.45, 7) is 8.90. The standard InChI is InChI=1S/C19H32N4O2/c1-14(2)11-21-19(25)23-9-5-6-16(13-23)10-18(24)20-12-17-8-7-15(3)22(17)4/h7-8,14,16H,5-6,9-13H2,1-4H3,(H,20,24)(H,21,25)/t16-/m1/s1. The van der Waals surface area contributed by atoms with Gasteiger partial charge in [0.05, 0.1) is 6.54 Å². The third-order valence-corrected chi connectivity index (χ3v) is 4.89. The summed E-state index contributed by atoms with van der Waals surface area (Å²) in [5, 5.41) is 5.97. The first-order valence-electron chi connectivity index (χ1n) is 9.27. The van der Waals surface area contributed by atoms with Crippen molar-refractivity contribution in [1.29, 1.82) is 0 Å². The van der Waals surface area contributed by atoms with E-state index in [1.165, 1.54) is 5.69 Å². The zero-order chi connectivity index (χ0) is 18.4. The molecule has 1 fully saturated rings. The SMILES string of the molecule is Cc1ccc(CNC(=O)C[C@H]2CCCN(C(=O)NCC(C)C)C2)n1C. The highest BCUT2D eigenvalue weighted by Gasteiger charge is 2.25. The Balaban J connectivity index is 1.76. The van der Waals surface area contributed by atoms with Gasteiger partial charge in [0.25, 0.3) is 0 Å². The average Bonchev–Trinajstić information content (AvgIpc) is 2.90. The van der Waals surface area contributed by atoms with Gasteiger partial charge in [-0.25, -0.2) is 4.79 Å². The normalized spacial score (nSPS) is 17.6. The van der Waals surface area contributed by atoms with Crippen molar-refractivity contribution in [3.8, 4) is 0 Å². The summed E-state index contributed by atoms with van der Waals surface area (Å²) in [4.78, 5) is 26.3. The molecule has 0 radical (unpaired) electrons. The van der Waals surface area contributed by atoms with Gasteiger partial charge in [-0.05, 0) is 43.7 Å². The van der Waals surface area contributed by atoms with Crippen LogP contribution in [0.2, 0.25) is 0 Å². The number of hydrogen-bond acceptors (Lipinski definition) is 2. The highest BCUT2D eigenvalue weighted by molar-refractivity contribution is 5.77. The van der Waals surface area contributed by atoms with Crippen molar-refractivity contribution in [2.45, 2.75) is 46.6 Å². The summed E-state index contributed by atoms with van der Waals surface area (Å²) in [6.07, 6.45) is 2.45. The second-order valence-electron chi connectivity index (χ2n) is 7.54. The van der Waals surface area contributed by atoms with E-state index in [4.69, 9.17) is 0 Å². The van der Waals surface area contributed by atoms with E-state index in [-0.39, 0.29) is 17.9 Å². The van der Waals surface area contributed by atoms with Crippen molar-refractivity contribution in [3.05, 3.63) is 23.5 Å². The van der Waals surface area contributed by atoms with Crippen molar-refractivity contribution in [2.24, 2.45) is 18.9 Å². The lowest BCUT2D eigenvalue weighted by atomic mass is 9.94. The topological polar surface area (TPSA) is 66.4 Å². The number of carbonyl (C=O) groups excluding carboxylic acids is 2. The monoisotopic (exact) mass is 348 g/mol. The van der Waals surface area contributed by atoms with Gasteiger partial charge >= 0.3 is 6.03 Å². The molecule has 1 atom stereocenters. The predicted molar refractivity (Wildman–Crippen MR) is 99.1 cm³/mol. The maximum Gasteiger partial charge on any atom is 0.317 e. The summed E-state index contributed by atoms with van der Waals surface area (Å²) in [5.74, 6) is 0.749. The fraction of sp³-hybridized carbons (Fsp3) is 0.684. The Bertz CT molecular complexity index is 594. The van der Waals surface area contributed by atoms with E-state index in [1.54, 1.807) is 0 Å². The quantitative estimate of drug-likeness (QED) is 0.829. The Morgan fingerprint density at radius 1 is 1.28 bits per heavy atom. The first-order chi connectivity index (χ1) is 11.9. The second kappa shape index (κ2) is 8.92. The number of urea groups is 1. The van der Waals surface area contributed by atoms with E-state index >= 15 is 0 Å². The molecule has 2 rings (SSSR count). The molecular weight excluding hydrogens is 316 g/mol. The van der Waals surface area contributed by atoms with Crippen LogP contribution in [0.15, 0.2) is 12.1 Å². The Hall–Kier alpha value is -1.98. The molecule has 140 valence electrons. The molecule has 2 N–H and O–H groups in total. The van der Waals surface area contributed by atoms with Gasteiger partial charge < -0.3 is 20.1 Å². The minimum Gasteiger partial charge on any atom is -0.351 e. The first-order valence-corrected chi connectivity index (χ1v) is 9.27. The molecule has 6 nitrogen and oxygen atoms in total. The van der Waals surface area contributed by atoms with Gasteiger partial charge in [-0.2, -0.15) is 0 Å². The number of carbonyl (C=O) groups is 2. The Labute approximate surface area is 151 Å². The number of amides is 3. The molecule has 2 heterocycles. The largest absolute Gasteiger partial charge is 0.351 e. The molecule has 0 saturated carbocycles. The highest BCUT2D eigenvalue weighted by atomic mass is 16.2. The molecule has 25 heavy (non-hydrogen) atoms. The average molecular weight is 348 g/mol. The number of nitrogens with zero attached hydrogens (tertiary/aromatic N) is 2. The van der Waals surface area contributed by atoms with Gasteiger partial charge in [0.2, 0.25) is 5.91 Å². The van der Waals surface area contributed by atoms with E-state index in [9.17, 15) is 9.59 Å². The number of aromatic nitrogens is 1. The maximum absolute atomic E-state index is 12.3. The van der Waals surface area contributed by atoms with Gasteiger partial charge in [-0.3, -0.25) is 4.79 Å². The van der Waals surface area contributed by atoms with Crippen LogP contribution < -0.4 is 10.6 Å². The molecule has 1 aromatic heterocycles. The molecule has 0 bridgehead atoms. The lowest BCUT2D eigenvalue weighted by Crippen LogP contribution is -2.47. The zero-order valence-corrected chi connectivity index (χ0v) is 16.0. The lowest BCUT2D eigenvalue weighted by Gasteiger charge is -2.32. The molecule has 0 aliphatic carbocycles. The highest BCUT2D eigenvalue weighted by Crippen LogP contribution is 2.19. The van der Waals surface area contributed by atoms with E-state index in [0.29, 0.717) is 32.0 Å². The molecule has 0 unspecified atom stereocenters. The molecule has 6 heteroatoms. The van der Waals surface area contributed by atoms with Crippen LogP contribution >= 0.6 is 0 Å². The maximum atomic E-state index is 12.3. The third-order valence-electron chi connectivity index (χ3n) is 4.89. The molecule has 0 aromatic carbocycles. The molecule has 1 saturated heterocycles. The molecular formula is C19H32N4O2. The number of rotatable bonds is 6. The summed E-state index contributed by atoms with van der Waals surface area (Å²) < 4.78 is 2.09. The van der Waals surface area contributed by atoms with Gasteiger partial charge in [-0.15, -0.1) is 0 Å². The minimum absolute atomic E-state index is 0.00177. The summed E-state index contributed by atoms with van der Waals surface area (Å²) in [6, 6.07) is 4.09. The Morgan fingerprint density at radius 2 is 2.04 bits per heavy atom. The van der Waals surface area contributed by atoms with Crippen LogP contribution in [0.4, 0.5) is 4.79 Å². The lowest BCUT2D eigenvalue weighted by molar-refractivity contribution is -0.122. The van der Waals surface area contributed by atoms with E-state index in [0.717, 1.165) is 25.1 Å². The molecule has 1 aromatic rings. The van der Waals surface area contributed by atoms with E-state index in [2.05, 4.69) is 35.1 Å². The number of piperidine rings is 1. The smallest absolute Gasteiger partial charge is 0.317 e. The Morgan fingerprint density at radius 3 is 2.68 bits per heavy atom. The number of likely N-dealkylation sites (tertiary alicyclic amines) is 1. The van der Waals surface area contributed by atoms with Gasteiger partial charge in [-0.1, -0.05) is 13.8 Å². The number of nitrogens with one attached hydrogen (secondary N) is 2. The minimum atomic E-state index is -0.00177. The van der Waals surface area contributed by atoms with Crippen LogP contribution in [0.1, 0.15) is 44.5 Å². The molecule has 1 aliphatic heterocycles. The van der Waals surface area contributed by atoms with Gasteiger partial charge in [0.15, 0.2) is 0 Å². The van der Waals surface area contributed by atoms with E-state index < -0.39 is 0 Å². The molecule has 3 amide bonds. The fourth-order valence-electron chi connectivity index (χ4n) is 3.19. The van der Waals surface area contributed by atoms with Gasteiger partial charge in [0, 0.05) is 44.5 Å². The van der Waals surface area contributed by atoms with Crippen molar-refractivity contribution < 1.29 is 9.59 Å². The van der Waals surface area contributed by atoms with Crippen LogP contribution in [0, 0.1) is 18.8 Å². The fourth-order valence-corrected chi connectivity index (χ4v) is 3.19. The summed E-state index contributed by atoms with van der Waals surface area (Å²) in [5.41, 5.74) is 2.28. The number of hydrogen-bond donors (Lipinski definition) is 2. The van der Waals surface area contributed by atoms with Crippen LogP contribution in [0.5, 0.6) is 0 Å². The van der Waals surface area contributed by atoms with Crippen LogP contribution in [0.25, 0.3) is 0 Å². The van der Waals surface area contributed by atoms with Crippen molar-refractivity contribution in [1.82, 2.24) is 20.1 Å². The van der Waals surface area contributed by atoms with Crippen LogP contribution in [-0.2, 0) is 18.4 Å². The Kier molecular flexibility index (Phi) is 6.91. The molecule has 0 spiro atoms. The van der Waals surface area contributed by atoms with Crippen molar-refractivity contribution in [3.63, 3.8) is 0 Å². The van der Waals surface area contributed by atoms with Crippen molar-refractivity contribution >= 4 is 11.9 Å². The van der Waals surface area contributed by atoms with Crippen LogP contribution in [0.3, 0.4) is 0 Å². The third kappa shape index (κ3) is 5.80. The predicted octanol–water partition coefficient (Wildman–Crippen LogP) is 2.42.